The Hall–Kier alpha value is -2.41. The van der Waals surface area contributed by atoms with Crippen molar-refractivity contribution in [3.05, 3.63) is 45.4 Å². The zero-order valence-corrected chi connectivity index (χ0v) is 14.8. The number of benzene rings is 1. The third kappa shape index (κ3) is 4.36. The molecule has 1 aromatic heterocycles. The lowest BCUT2D eigenvalue weighted by Gasteiger charge is -2.26. The molecule has 1 N–H and O–H groups in total. The minimum atomic E-state index is -0.815. The summed E-state index contributed by atoms with van der Waals surface area (Å²) in [6.07, 6.45) is 1.64. The Labute approximate surface area is 150 Å². The van der Waals surface area contributed by atoms with Crippen molar-refractivity contribution in [3.8, 4) is 5.75 Å². The predicted octanol–water partition coefficient (Wildman–Crippen LogP) is 2.30. The Morgan fingerprint density at radius 2 is 2.08 bits per heavy atom. The summed E-state index contributed by atoms with van der Waals surface area (Å²) in [5.41, 5.74) is 1.97. The number of aliphatic carboxylic acids is 1. The van der Waals surface area contributed by atoms with Crippen LogP contribution in [0.15, 0.2) is 24.3 Å². The zero-order chi connectivity index (χ0) is 17.8. The Bertz CT molecular complexity index is 770. The standard InChI is InChI=1S/C18H20N2O4S/c1-24-13-4-2-12(3-5-13)10-17(21)20-9-8-14-15(11-20)25-16(19-14)6-7-18(22)23/h2-5H,6-11H2,1H3,(H,22,23). The van der Waals surface area contributed by atoms with Crippen LogP contribution < -0.4 is 4.74 Å². The van der Waals surface area contributed by atoms with Crippen molar-refractivity contribution in [2.24, 2.45) is 0 Å². The number of rotatable bonds is 6. The number of carbonyl (C=O) groups excluding carboxylic acids is 1. The molecule has 132 valence electrons. The fourth-order valence-corrected chi connectivity index (χ4v) is 3.94. The van der Waals surface area contributed by atoms with E-state index in [9.17, 15) is 9.59 Å². The monoisotopic (exact) mass is 360 g/mol. The van der Waals surface area contributed by atoms with E-state index in [4.69, 9.17) is 9.84 Å². The fraction of sp³-hybridized carbons (Fsp3) is 0.389. The number of fused-ring (bicyclic) bond motifs is 1. The van der Waals surface area contributed by atoms with Crippen molar-refractivity contribution < 1.29 is 19.4 Å². The molecule has 6 nitrogen and oxygen atoms in total. The van der Waals surface area contributed by atoms with Gasteiger partial charge < -0.3 is 14.7 Å². The second-order valence-electron chi connectivity index (χ2n) is 5.96. The third-order valence-corrected chi connectivity index (χ3v) is 5.34. The van der Waals surface area contributed by atoms with Gasteiger partial charge in [-0.25, -0.2) is 4.98 Å². The van der Waals surface area contributed by atoms with Crippen molar-refractivity contribution in [2.45, 2.75) is 32.2 Å². The summed E-state index contributed by atoms with van der Waals surface area (Å²) < 4.78 is 5.13. The fourth-order valence-electron chi connectivity index (χ4n) is 2.81. The highest BCUT2D eigenvalue weighted by Crippen LogP contribution is 2.26. The van der Waals surface area contributed by atoms with Gasteiger partial charge in [0.1, 0.15) is 5.75 Å². The van der Waals surface area contributed by atoms with Crippen LogP contribution in [-0.2, 0) is 35.4 Å². The van der Waals surface area contributed by atoms with Crippen LogP contribution in [0.4, 0.5) is 0 Å². The van der Waals surface area contributed by atoms with E-state index in [0.717, 1.165) is 33.3 Å². The van der Waals surface area contributed by atoms with Crippen LogP contribution in [0, 0.1) is 0 Å². The van der Waals surface area contributed by atoms with Gasteiger partial charge in [-0.2, -0.15) is 0 Å². The normalized spacial score (nSPS) is 13.4. The van der Waals surface area contributed by atoms with E-state index < -0.39 is 5.97 Å². The number of aryl methyl sites for hydroxylation is 1. The predicted molar refractivity (Wildman–Crippen MR) is 93.9 cm³/mol. The van der Waals surface area contributed by atoms with Gasteiger partial charge in [-0.3, -0.25) is 9.59 Å². The summed E-state index contributed by atoms with van der Waals surface area (Å²) in [5, 5.41) is 9.63. The second kappa shape index (κ2) is 7.65. The number of thiazole rings is 1. The van der Waals surface area contributed by atoms with E-state index in [2.05, 4.69) is 4.98 Å². The molecule has 0 bridgehead atoms. The van der Waals surface area contributed by atoms with Gasteiger partial charge in [-0.15, -0.1) is 11.3 Å². The van der Waals surface area contributed by atoms with Gasteiger partial charge in [0.05, 0.1) is 37.2 Å². The molecule has 0 saturated carbocycles. The molecular weight excluding hydrogens is 340 g/mol. The van der Waals surface area contributed by atoms with E-state index >= 15 is 0 Å². The number of hydrogen-bond acceptors (Lipinski definition) is 5. The maximum Gasteiger partial charge on any atom is 0.303 e. The van der Waals surface area contributed by atoms with Gasteiger partial charge in [0.25, 0.3) is 0 Å². The first-order valence-corrected chi connectivity index (χ1v) is 8.96. The summed E-state index contributed by atoms with van der Waals surface area (Å²) in [6.45, 7) is 1.22. The Morgan fingerprint density at radius 3 is 2.76 bits per heavy atom. The Morgan fingerprint density at radius 1 is 1.32 bits per heavy atom. The molecule has 7 heteroatoms. The highest BCUT2D eigenvalue weighted by atomic mass is 32.1. The molecule has 0 saturated heterocycles. The number of carbonyl (C=O) groups is 2. The molecule has 1 aliphatic heterocycles. The van der Waals surface area contributed by atoms with E-state index in [1.165, 1.54) is 11.3 Å². The molecule has 0 atom stereocenters. The Kier molecular flexibility index (Phi) is 5.33. The van der Waals surface area contributed by atoms with Crippen LogP contribution in [0.3, 0.4) is 0 Å². The molecule has 25 heavy (non-hydrogen) atoms. The maximum atomic E-state index is 12.6. The van der Waals surface area contributed by atoms with Crippen molar-refractivity contribution >= 4 is 23.2 Å². The van der Waals surface area contributed by atoms with Crippen LogP contribution in [0.25, 0.3) is 0 Å². The van der Waals surface area contributed by atoms with Gasteiger partial charge in [0.15, 0.2) is 0 Å². The first-order valence-electron chi connectivity index (χ1n) is 8.15. The maximum absolute atomic E-state index is 12.6. The molecule has 0 aliphatic carbocycles. The largest absolute Gasteiger partial charge is 0.497 e. The van der Waals surface area contributed by atoms with Gasteiger partial charge in [-0.1, -0.05) is 12.1 Å². The minimum absolute atomic E-state index is 0.0898. The quantitative estimate of drug-likeness (QED) is 0.855. The lowest BCUT2D eigenvalue weighted by Crippen LogP contribution is -2.36. The van der Waals surface area contributed by atoms with Crippen molar-refractivity contribution in [1.29, 1.82) is 0 Å². The number of methoxy groups -OCH3 is 1. The molecule has 0 unspecified atom stereocenters. The number of carboxylic acids is 1. The third-order valence-electron chi connectivity index (χ3n) is 4.20. The van der Waals surface area contributed by atoms with Crippen molar-refractivity contribution in [2.75, 3.05) is 13.7 Å². The zero-order valence-electron chi connectivity index (χ0n) is 14.0. The van der Waals surface area contributed by atoms with E-state index in [1.807, 2.05) is 29.2 Å². The number of amides is 1. The van der Waals surface area contributed by atoms with Crippen molar-refractivity contribution in [3.63, 3.8) is 0 Å². The minimum Gasteiger partial charge on any atom is -0.497 e. The first kappa shape index (κ1) is 17.4. The second-order valence-corrected chi connectivity index (χ2v) is 7.13. The first-order chi connectivity index (χ1) is 12.0. The average Bonchev–Trinajstić information content (AvgIpc) is 3.02. The highest BCUT2D eigenvalue weighted by molar-refractivity contribution is 7.11. The van der Waals surface area contributed by atoms with Crippen LogP contribution in [-0.4, -0.2) is 40.5 Å². The van der Waals surface area contributed by atoms with E-state index in [1.54, 1.807) is 7.11 Å². The van der Waals surface area contributed by atoms with Gasteiger partial charge >= 0.3 is 5.97 Å². The number of ether oxygens (including phenoxy) is 1. The SMILES string of the molecule is COc1ccc(CC(=O)N2CCc3nc(CCC(=O)O)sc3C2)cc1. The van der Waals surface area contributed by atoms with Crippen molar-refractivity contribution in [1.82, 2.24) is 9.88 Å². The van der Waals surface area contributed by atoms with E-state index in [0.29, 0.717) is 25.9 Å². The molecule has 1 aromatic carbocycles. The lowest BCUT2D eigenvalue weighted by atomic mass is 10.1. The molecule has 2 aromatic rings. The lowest BCUT2D eigenvalue weighted by molar-refractivity contribution is -0.137. The molecule has 0 fully saturated rings. The van der Waals surface area contributed by atoms with Gasteiger partial charge in [0, 0.05) is 24.3 Å². The topological polar surface area (TPSA) is 79.7 Å². The number of aromatic nitrogens is 1. The molecule has 0 radical (unpaired) electrons. The summed E-state index contributed by atoms with van der Waals surface area (Å²) >= 11 is 1.52. The summed E-state index contributed by atoms with van der Waals surface area (Å²) in [5.74, 6) is 0.0538. The summed E-state index contributed by atoms with van der Waals surface area (Å²) in [4.78, 5) is 30.7. The molecule has 3 rings (SSSR count). The molecule has 0 spiro atoms. The van der Waals surface area contributed by atoms with Crippen LogP contribution in [0.1, 0.15) is 27.6 Å². The number of carboxylic acid groups (broad SMARTS) is 1. The van der Waals surface area contributed by atoms with Crippen LogP contribution in [0.2, 0.25) is 0 Å². The highest BCUT2D eigenvalue weighted by Gasteiger charge is 2.24. The average molecular weight is 360 g/mol. The van der Waals surface area contributed by atoms with Crippen LogP contribution >= 0.6 is 11.3 Å². The van der Waals surface area contributed by atoms with Gasteiger partial charge in [0.2, 0.25) is 5.91 Å². The molecular formula is C18H20N2O4S. The Balaban J connectivity index is 1.61. The smallest absolute Gasteiger partial charge is 0.303 e. The summed E-state index contributed by atoms with van der Waals surface area (Å²) in [6, 6.07) is 7.52. The molecule has 1 amide bonds. The van der Waals surface area contributed by atoms with E-state index in [-0.39, 0.29) is 12.3 Å². The molecule has 1 aliphatic rings. The number of hydrogen-bond donors (Lipinski definition) is 1. The number of nitrogens with zero attached hydrogens (tertiary/aromatic N) is 2. The van der Waals surface area contributed by atoms with Gasteiger partial charge in [-0.05, 0) is 17.7 Å². The van der Waals surface area contributed by atoms with Crippen LogP contribution in [0.5, 0.6) is 5.75 Å². The summed E-state index contributed by atoms with van der Waals surface area (Å²) in [7, 11) is 1.62. The molecule has 2 heterocycles.